The molecule has 2 N–H and O–H groups in total. The first-order chi connectivity index (χ1) is 8.22. The van der Waals surface area contributed by atoms with Crippen LogP contribution in [0, 0.1) is 0 Å². The third kappa shape index (κ3) is 10.2. The van der Waals surface area contributed by atoms with Crippen molar-refractivity contribution in [1.82, 2.24) is 10.6 Å². The molecule has 0 aromatic rings. The fourth-order valence-electron chi connectivity index (χ4n) is 1.23. The van der Waals surface area contributed by atoms with E-state index in [0.717, 1.165) is 19.4 Å². The Hall–Kier alpha value is -0.650. The number of amides is 1. The summed E-state index contributed by atoms with van der Waals surface area (Å²) in [5.41, 5.74) is 0. The fraction of sp³-hybridized carbons (Fsp3) is 0.917. The second-order valence-corrected chi connectivity index (χ2v) is 3.93. The lowest BCUT2D eigenvalue weighted by molar-refractivity contribution is -0.122. The molecule has 5 nitrogen and oxygen atoms in total. The molecule has 0 aromatic carbocycles. The first-order valence-electron chi connectivity index (χ1n) is 6.30. The molecule has 0 heterocycles. The van der Waals surface area contributed by atoms with Crippen LogP contribution in [0.15, 0.2) is 0 Å². The van der Waals surface area contributed by atoms with E-state index in [1.807, 2.05) is 6.92 Å². The van der Waals surface area contributed by atoms with Gasteiger partial charge in [0.05, 0.1) is 25.9 Å². The molecular formula is C12H26N2O3. The Kier molecular flexibility index (Phi) is 11.4. The summed E-state index contributed by atoms with van der Waals surface area (Å²) in [6, 6.07) is -0.169. The predicted molar refractivity (Wildman–Crippen MR) is 68.1 cm³/mol. The number of rotatable bonds is 11. The van der Waals surface area contributed by atoms with Crippen molar-refractivity contribution in [3.05, 3.63) is 0 Å². The van der Waals surface area contributed by atoms with Crippen molar-refractivity contribution in [2.24, 2.45) is 0 Å². The van der Waals surface area contributed by atoms with E-state index in [9.17, 15) is 4.79 Å². The summed E-state index contributed by atoms with van der Waals surface area (Å²) in [5, 5.41) is 5.99. The molecule has 0 bridgehead atoms. The molecule has 0 saturated heterocycles. The van der Waals surface area contributed by atoms with Crippen molar-refractivity contribution >= 4 is 5.91 Å². The van der Waals surface area contributed by atoms with Gasteiger partial charge in [-0.05, 0) is 13.3 Å². The summed E-state index contributed by atoms with van der Waals surface area (Å²) in [6.07, 6.45) is 2.12. The molecule has 5 heteroatoms. The third-order valence-corrected chi connectivity index (χ3v) is 2.35. The largest absolute Gasteiger partial charge is 0.382 e. The van der Waals surface area contributed by atoms with E-state index in [0.29, 0.717) is 26.4 Å². The zero-order valence-electron chi connectivity index (χ0n) is 11.3. The average molecular weight is 246 g/mol. The number of hydrogen-bond acceptors (Lipinski definition) is 4. The van der Waals surface area contributed by atoms with Crippen LogP contribution in [-0.2, 0) is 14.3 Å². The third-order valence-electron chi connectivity index (χ3n) is 2.35. The topological polar surface area (TPSA) is 59.6 Å². The van der Waals surface area contributed by atoms with Gasteiger partial charge in [-0.25, -0.2) is 0 Å². The summed E-state index contributed by atoms with van der Waals surface area (Å²) in [5.74, 6) is 0.0512. The lowest BCUT2D eigenvalue weighted by Crippen LogP contribution is -2.43. The van der Waals surface area contributed by atoms with E-state index in [2.05, 4.69) is 17.6 Å². The average Bonchev–Trinajstić information content (AvgIpc) is 2.33. The zero-order valence-corrected chi connectivity index (χ0v) is 11.3. The SMILES string of the molecule is CCCCNC(=O)C(C)NCCOCCOC. The van der Waals surface area contributed by atoms with Gasteiger partial charge in [-0.2, -0.15) is 0 Å². The molecule has 0 aromatic heterocycles. The van der Waals surface area contributed by atoms with Gasteiger partial charge in [-0.3, -0.25) is 4.79 Å². The van der Waals surface area contributed by atoms with Crippen LogP contribution in [0.4, 0.5) is 0 Å². The molecule has 0 fully saturated rings. The van der Waals surface area contributed by atoms with E-state index in [-0.39, 0.29) is 11.9 Å². The molecule has 102 valence electrons. The number of hydrogen-bond donors (Lipinski definition) is 2. The maximum Gasteiger partial charge on any atom is 0.236 e. The minimum absolute atomic E-state index is 0.0512. The van der Waals surface area contributed by atoms with Gasteiger partial charge in [-0.1, -0.05) is 13.3 Å². The second kappa shape index (κ2) is 11.8. The standard InChI is InChI=1S/C12H26N2O3/c1-4-5-6-14-12(15)11(2)13-7-8-17-10-9-16-3/h11,13H,4-10H2,1-3H3,(H,14,15). The number of carbonyl (C=O) groups excluding carboxylic acids is 1. The molecule has 0 aliphatic heterocycles. The molecule has 0 saturated carbocycles. The Morgan fingerprint density at radius 1 is 1.24 bits per heavy atom. The van der Waals surface area contributed by atoms with E-state index < -0.39 is 0 Å². The Balaban J connectivity index is 3.37. The highest BCUT2D eigenvalue weighted by molar-refractivity contribution is 5.81. The first-order valence-corrected chi connectivity index (χ1v) is 6.30. The summed E-state index contributed by atoms with van der Waals surface area (Å²) >= 11 is 0. The van der Waals surface area contributed by atoms with Crippen LogP contribution >= 0.6 is 0 Å². The molecule has 1 atom stereocenters. The van der Waals surface area contributed by atoms with Gasteiger partial charge in [0.1, 0.15) is 0 Å². The molecule has 0 spiro atoms. The minimum Gasteiger partial charge on any atom is -0.382 e. The zero-order chi connectivity index (χ0) is 12.9. The molecule has 0 aliphatic carbocycles. The Morgan fingerprint density at radius 2 is 2.00 bits per heavy atom. The minimum atomic E-state index is -0.169. The van der Waals surface area contributed by atoms with Crippen LogP contribution in [0.2, 0.25) is 0 Å². The molecule has 0 radical (unpaired) electrons. The van der Waals surface area contributed by atoms with Gasteiger partial charge in [0.25, 0.3) is 0 Å². The van der Waals surface area contributed by atoms with Crippen LogP contribution in [0.1, 0.15) is 26.7 Å². The van der Waals surface area contributed by atoms with E-state index >= 15 is 0 Å². The Labute approximate surface area is 104 Å². The van der Waals surface area contributed by atoms with Crippen LogP contribution < -0.4 is 10.6 Å². The van der Waals surface area contributed by atoms with Gasteiger partial charge in [0.15, 0.2) is 0 Å². The van der Waals surface area contributed by atoms with Crippen LogP contribution in [0.3, 0.4) is 0 Å². The fourth-order valence-corrected chi connectivity index (χ4v) is 1.23. The van der Waals surface area contributed by atoms with Gasteiger partial charge in [-0.15, -0.1) is 0 Å². The number of nitrogens with one attached hydrogen (secondary N) is 2. The van der Waals surface area contributed by atoms with Gasteiger partial charge >= 0.3 is 0 Å². The molecule has 1 unspecified atom stereocenters. The quantitative estimate of drug-likeness (QED) is 0.523. The Morgan fingerprint density at radius 3 is 2.65 bits per heavy atom. The van der Waals surface area contributed by atoms with E-state index in [1.165, 1.54) is 0 Å². The van der Waals surface area contributed by atoms with Crippen molar-refractivity contribution in [1.29, 1.82) is 0 Å². The number of ether oxygens (including phenoxy) is 2. The molecular weight excluding hydrogens is 220 g/mol. The van der Waals surface area contributed by atoms with Crippen molar-refractivity contribution in [3.63, 3.8) is 0 Å². The van der Waals surface area contributed by atoms with Gasteiger partial charge < -0.3 is 20.1 Å². The summed E-state index contributed by atoms with van der Waals surface area (Å²) < 4.78 is 10.1. The van der Waals surface area contributed by atoms with Crippen LogP contribution in [-0.4, -0.2) is 52.0 Å². The lowest BCUT2D eigenvalue weighted by atomic mass is 10.3. The lowest BCUT2D eigenvalue weighted by Gasteiger charge is -2.13. The number of unbranched alkanes of at least 4 members (excludes halogenated alkanes) is 1. The van der Waals surface area contributed by atoms with Crippen molar-refractivity contribution in [3.8, 4) is 0 Å². The number of methoxy groups -OCH3 is 1. The molecule has 1 amide bonds. The van der Waals surface area contributed by atoms with Crippen molar-refractivity contribution in [2.45, 2.75) is 32.7 Å². The smallest absolute Gasteiger partial charge is 0.236 e. The Bertz CT molecular complexity index is 189. The second-order valence-electron chi connectivity index (χ2n) is 3.93. The summed E-state index contributed by atoms with van der Waals surface area (Å²) in [6.45, 7) is 7.18. The van der Waals surface area contributed by atoms with E-state index in [4.69, 9.17) is 9.47 Å². The highest BCUT2D eigenvalue weighted by Crippen LogP contribution is 1.86. The van der Waals surface area contributed by atoms with Crippen molar-refractivity contribution in [2.75, 3.05) is 40.0 Å². The van der Waals surface area contributed by atoms with Crippen LogP contribution in [0.5, 0.6) is 0 Å². The summed E-state index contributed by atoms with van der Waals surface area (Å²) in [4.78, 5) is 11.5. The van der Waals surface area contributed by atoms with Crippen molar-refractivity contribution < 1.29 is 14.3 Å². The predicted octanol–water partition coefficient (Wildman–Crippen LogP) is 0.544. The van der Waals surface area contributed by atoms with Gasteiger partial charge in [0, 0.05) is 20.2 Å². The highest BCUT2D eigenvalue weighted by atomic mass is 16.5. The summed E-state index contributed by atoms with van der Waals surface area (Å²) in [7, 11) is 1.64. The highest BCUT2D eigenvalue weighted by Gasteiger charge is 2.10. The maximum atomic E-state index is 11.5. The molecule has 0 rings (SSSR count). The first kappa shape index (κ1) is 16.4. The normalized spacial score (nSPS) is 12.4. The van der Waals surface area contributed by atoms with Gasteiger partial charge in [0.2, 0.25) is 5.91 Å². The van der Waals surface area contributed by atoms with Crippen LogP contribution in [0.25, 0.3) is 0 Å². The monoisotopic (exact) mass is 246 g/mol. The molecule has 0 aliphatic rings. The number of carbonyl (C=O) groups is 1. The molecule has 17 heavy (non-hydrogen) atoms. The van der Waals surface area contributed by atoms with E-state index in [1.54, 1.807) is 7.11 Å². The maximum absolute atomic E-state index is 11.5.